The summed E-state index contributed by atoms with van der Waals surface area (Å²) in [5.41, 5.74) is 8.47. The lowest BCUT2D eigenvalue weighted by molar-refractivity contribution is 0.410. The van der Waals surface area contributed by atoms with Crippen molar-refractivity contribution in [1.29, 1.82) is 0 Å². The van der Waals surface area contributed by atoms with Gasteiger partial charge in [0.15, 0.2) is 0 Å². The molecular formula is C10H12BrNO. The standard InChI is InChI=1S/C10H12BrNO/c1-13-9-5-3-7(11)10-6(9)2-4-8(10)12/h3,5,8H,2,4,12H2,1H3/t8-/m1/s1. The van der Waals surface area contributed by atoms with E-state index < -0.39 is 0 Å². The quantitative estimate of drug-likeness (QED) is 0.820. The van der Waals surface area contributed by atoms with Crippen LogP contribution >= 0.6 is 15.9 Å². The van der Waals surface area contributed by atoms with E-state index in [1.54, 1.807) is 7.11 Å². The Hall–Kier alpha value is -0.540. The van der Waals surface area contributed by atoms with E-state index in [0.717, 1.165) is 23.1 Å². The predicted molar refractivity (Wildman–Crippen MR) is 55.9 cm³/mol. The van der Waals surface area contributed by atoms with Crippen LogP contribution in [0.25, 0.3) is 0 Å². The number of hydrogen-bond donors (Lipinski definition) is 1. The van der Waals surface area contributed by atoms with Gasteiger partial charge in [-0.05, 0) is 30.5 Å². The van der Waals surface area contributed by atoms with Gasteiger partial charge in [-0.1, -0.05) is 15.9 Å². The summed E-state index contributed by atoms with van der Waals surface area (Å²) in [7, 11) is 1.70. The van der Waals surface area contributed by atoms with E-state index in [2.05, 4.69) is 15.9 Å². The molecule has 0 aromatic heterocycles. The van der Waals surface area contributed by atoms with Crippen molar-refractivity contribution in [3.63, 3.8) is 0 Å². The summed E-state index contributed by atoms with van der Waals surface area (Å²) in [5.74, 6) is 0.964. The van der Waals surface area contributed by atoms with Crippen LogP contribution in [0.3, 0.4) is 0 Å². The summed E-state index contributed by atoms with van der Waals surface area (Å²) < 4.78 is 6.39. The van der Waals surface area contributed by atoms with Gasteiger partial charge in [0.25, 0.3) is 0 Å². The molecule has 3 heteroatoms. The summed E-state index contributed by atoms with van der Waals surface area (Å²) in [6, 6.07) is 4.16. The molecule has 0 radical (unpaired) electrons. The average Bonchev–Trinajstić information content (AvgIpc) is 2.50. The van der Waals surface area contributed by atoms with Crippen LogP contribution < -0.4 is 10.5 Å². The fourth-order valence-electron chi connectivity index (χ4n) is 1.91. The molecule has 0 heterocycles. The van der Waals surface area contributed by atoms with Crippen molar-refractivity contribution in [2.45, 2.75) is 18.9 Å². The molecular weight excluding hydrogens is 230 g/mol. The summed E-state index contributed by atoms with van der Waals surface area (Å²) in [5, 5.41) is 0. The fraction of sp³-hybridized carbons (Fsp3) is 0.400. The fourth-order valence-corrected chi connectivity index (χ4v) is 2.58. The first-order valence-corrected chi connectivity index (χ1v) is 5.14. The third kappa shape index (κ3) is 1.36. The van der Waals surface area contributed by atoms with Crippen LogP contribution in [0.15, 0.2) is 16.6 Å². The molecule has 0 amide bonds. The van der Waals surface area contributed by atoms with Gasteiger partial charge in [0.1, 0.15) is 5.75 Å². The molecule has 0 saturated carbocycles. The molecule has 2 rings (SSSR count). The molecule has 1 atom stereocenters. The zero-order valence-corrected chi connectivity index (χ0v) is 9.10. The highest BCUT2D eigenvalue weighted by molar-refractivity contribution is 9.10. The Kier molecular flexibility index (Phi) is 2.30. The number of ether oxygens (including phenoxy) is 1. The SMILES string of the molecule is COc1ccc(Br)c2c1CC[C@H]2N. The van der Waals surface area contributed by atoms with Gasteiger partial charge in [0.05, 0.1) is 7.11 Å². The van der Waals surface area contributed by atoms with E-state index in [1.165, 1.54) is 11.1 Å². The van der Waals surface area contributed by atoms with Crippen molar-refractivity contribution in [2.75, 3.05) is 7.11 Å². The van der Waals surface area contributed by atoms with Crippen LogP contribution in [0.5, 0.6) is 5.75 Å². The van der Waals surface area contributed by atoms with Gasteiger partial charge in [-0.15, -0.1) is 0 Å². The Morgan fingerprint density at radius 3 is 3.00 bits per heavy atom. The second-order valence-electron chi connectivity index (χ2n) is 3.29. The van der Waals surface area contributed by atoms with E-state index in [9.17, 15) is 0 Å². The molecule has 1 aliphatic rings. The summed E-state index contributed by atoms with van der Waals surface area (Å²) in [6.07, 6.45) is 2.05. The highest BCUT2D eigenvalue weighted by atomic mass is 79.9. The van der Waals surface area contributed by atoms with Gasteiger partial charge in [0, 0.05) is 16.1 Å². The summed E-state index contributed by atoms with van der Waals surface area (Å²) in [6.45, 7) is 0. The molecule has 1 aromatic rings. The van der Waals surface area contributed by atoms with E-state index in [0.29, 0.717) is 0 Å². The zero-order valence-electron chi connectivity index (χ0n) is 7.51. The van der Waals surface area contributed by atoms with E-state index in [4.69, 9.17) is 10.5 Å². The van der Waals surface area contributed by atoms with Crippen molar-refractivity contribution >= 4 is 15.9 Å². The zero-order chi connectivity index (χ0) is 9.42. The molecule has 70 valence electrons. The van der Waals surface area contributed by atoms with Crippen molar-refractivity contribution in [3.8, 4) is 5.75 Å². The Labute approximate surface area is 86.2 Å². The van der Waals surface area contributed by atoms with Gasteiger partial charge in [-0.25, -0.2) is 0 Å². The minimum atomic E-state index is 0.166. The number of nitrogens with two attached hydrogens (primary N) is 1. The second-order valence-corrected chi connectivity index (χ2v) is 4.14. The number of halogens is 1. The largest absolute Gasteiger partial charge is 0.496 e. The first-order chi connectivity index (χ1) is 6.24. The van der Waals surface area contributed by atoms with Gasteiger partial charge >= 0.3 is 0 Å². The van der Waals surface area contributed by atoms with Crippen molar-refractivity contribution in [2.24, 2.45) is 5.73 Å². The molecule has 0 bridgehead atoms. The lowest BCUT2D eigenvalue weighted by Gasteiger charge is -2.10. The highest BCUT2D eigenvalue weighted by Crippen LogP contribution is 2.40. The maximum atomic E-state index is 5.99. The smallest absolute Gasteiger partial charge is 0.122 e. The molecule has 0 fully saturated rings. The summed E-state index contributed by atoms with van der Waals surface area (Å²) in [4.78, 5) is 0. The number of hydrogen-bond acceptors (Lipinski definition) is 2. The lowest BCUT2D eigenvalue weighted by atomic mass is 10.1. The molecule has 1 aromatic carbocycles. The minimum absolute atomic E-state index is 0.166. The van der Waals surface area contributed by atoms with Crippen LogP contribution in [0.4, 0.5) is 0 Å². The van der Waals surface area contributed by atoms with Gasteiger partial charge in [-0.2, -0.15) is 0 Å². The minimum Gasteiger partial charge on any atom is -0.496 e. The molecule has 0 aliphatic heterocycles. The van der Waals surface area contributed by atoms with Crippen LogP contribution in [0, 0.1) is 0 Å². The van der Waals surface area contributed by atoms with Gasteiger partial charge in [-0.3, -0.25) is 0 Å². The van der Waals surface area contributed by atoms with E-state index in [-0.39, 0.29) is 6.04 Å². The molecule has 0 spiro atoms. The Balaban J connectivity index is 2.59. The lowest BCUT2D eigenvalue weighted by Crippen LogP contribution is -2.06. The molecule has 0 saturated heterocycles. The molecule has 2 nitrogen and oxygen atoms in total. The first kappa shape index (κ1) is 9.03. The molecule has 0 unspecified atom stereocenters. The average molecular weight is 242 g/mol. The Morgan fingerprint density at radius 1 is 1.54 bits per heavy atom. The van der Waals surface area contributed by atoms with Gasteiger partial charge in [0.2, 0.25) is 0 Å². The summed E-state index contributed by atoms with van der Waals surface area (Å²) >= 11 is 3.52. The normalized spacial score (nSPS) is 20.1. The Bertz CT molecular complexity index is 338. The van der Waals surface area contributed by atoms with Crippen molar-refractivity contribution in [1.82, 2.24) is 0 Å². The maximum absolute atomic E-state index is 5.99. The number of benzene rings is 1. The molecule has 13 heavy (non-hydrogen) atoms. The number of fused-ring (bicyclic) bond motifs is 1. The van der Waals surface area contributed by atoms with E-state index in [1.807, 2.05) is 12.1 Å². The number of rotatable bonds is 1. The van der Waals surface area contributed by atoms with Crippen molar-refractivity contribution < 1.29 is 4.74 Å². The van der Waals surface area contributed by atoms with Crippen LogP contribution in [0.2, 0.25) is 0 Å². The van der Waals surface area contributed by atoms with Crippen LogP contribution in [-0.4, -0.2) is 7.11 Å². The highest BCUT2D eigenvalue weighted by Gasteiger charge is 2.24. The first-order valence-electron chi connectivity index (χ1n) is 4.35. The van der Waals surface area contributed by atoms with Crippen molar-refractivity contribution in [3.05, 3.63) is 27.7 Å². The maximum Gasteiger partial charge on any atom is 0.122 e. The van der Waals surface area contributed by atoms with Crippen LogP contribution in [0.1, 0.15) is 23.6 Å². The topological polar surface area (TPSA) is 35.2 Å². The number of methoxy groups -OCH3 is 1. The Morgan fingerprint density at radius 2 is 2.31 bits per heavy atom. The monoisotopic (exact) mass is 241 g/mol. The third-order valence-corrected chi connectivity index (χ3v) is 3.25. The molecule has 1 aliphatic carbocycles. The van der Waals surface area contributed by atoms with E-state index >= 15 is 0 Å². The second kappa shape index (κ2) is 3.31. The molecule has 2 N–H and O–H groups in total. The van der Waals surface area contributed by atoms with Crippen LogP contribution in [-0.2, 0) is 6.42 Å². The van der Waals surface area contributed by atoms with Gasteiger partial charge < -0.3 is 10.5 Å². The third-order valence-electron chi connectivity index (χ3n) is 2.56. The predicted octanol–water partition coefficient (Wildman–Crippen LogP) is 2.40.